The summed E-state index contributed by atoms with van der Waals surface area (Å²) in [7, 11) is 0. The van der Waals surface area contributed by atoms with Crippen molar-refractivity contribution in [1.29, 1.82) is 0 Å². The molecule has 0 bridgehead atoms. The van der Waals surface area contributed by atoms with Crippen molar-refractivity contribution in [1.82, 2.24) is 19.4 Å². The van der Waals surface area contributed by atoms with Crippen LogP contribution in [0.1, 0.15) is 12.6 Å². The Balaban J connectivity index is 2.04. The minimum absolute atomic E-state index is 0.0799. The molecule has 1 atom stereocenters. The van der Waals surface area contributed by atoms with Gasteiger partial charge >= 0.3 is 0 Å². The third-order valence-corrected chi connectivity index (χ3v) is 3.79. The van der Waals surface area contributed by atoms with E-state index in [2.05, 4.69) is 19.4 Å². The van der Waals surface area contributed by atoms with Gasteiger partial charge in [-0.2, -0.15) is 0 Å². The highest BCUT2D eigenvalue weighted by Gasteiger charge is 2.15. The Morgan fingerprint density at radius 2 is 2.25 bits per heavy atom. The van der Waals surface area contributed by atoms with E-state index in [0.29, 0.717) is 0 Å². The Morgan fingerprint density at radius 1 is 1.35 bits per heavy atom. The number of nitrogens with zero attached hydrogens (tertiary/aromatic N) is 4. The average Bonchev–Trinajstić information content (AvgIpc) is 2.78. The summed E-state index contributed by atoms with van der Waals surface area (Å²) in [6, 6.07) is 6.05. The Hall–Kier alpha value is -1.92. The highest BCUT2D eigenvalue weighted by molar-refractivity contribution is 7.99. The van der Waals surface area contributed by atoms with Gasteiger partial charge in [-0.3, -0.25) is 4.98 Å². The number of fused-ring (bicyclic) bond motifs is 1. The Morgan fingerprint density at radius 3 is 3.00 bits per heavy atom. The summed E-state index contributed by atoms with van der Waals surface area (Å²) in [5.41, 5.74) is 8.00. The zero-order valence-corrected chi connectivity index (χ0v) is 11.9. The van der Waals surface area contributed by atoms with E-state index < -0.39 is 0 Å². The van der Waals surface area contributed by atoms with E-state index in [0.717, 1.165) is 27.8 Å². The standard InChI is InChI=1S/C14H15N5S/c1-10(15)8-11-14(20-13-9-16-5-6-17-13)18-12-4-2-3-7-19(11)12/h2-7,9-10H,8,15H2,1H3. The number of hydrogen-bond donors (Lipinski definition) is 1. The number of nitrogens with two attached hydrogens (primary N) is 1. The molecule has 0 aromatic carbocycles. The fourth-order valence-electron chi connectivity index (χ4n) is 2.03. The lowest BCUT2D eigenvalue weighted by Gasteiger charge is -2.07. The number of imidazole rings is 1. The van der Waals surface area contributed by atoms with E-state index in [4.69, 9.17) is 5.73 Å². The fraction of sp³-hybridized carbons (Fsp3) is 0.214. The first-order valence-corrected chi connectivity index (χ1v) is 7.21. The SMILES string of the molecule is CC(N)Cc1c(Sc2cnccn2)nc2ccccn12. The number of pyridine rings is 1. The van der Waals surface area contributed by atoms with E-state index in [9.17, 15) is 0 Å². The second kappa shape index (κ2) is 5.60. The highest BCUT2D eigenvalue weighted by Crippen LogP contribution is 2.29. The van der Waals surface area contributed by atoms with E-state index in [1.54, 1.807) is 18.6 Å². The van der Waals surface area contributed by atoms with Crippen LogP contribution in [0.4, 0.5) is 0 Å². The monoisotopic (exact) mass is 285 g/mol. The lowest BCUT2D eigenvalue weighted by molar-refractivity contribution is 0.705. The molecular weight excluding hydrogens is 270 g/mol. The molecule has 6 heteroatoms. The minimum atomic E-state index is 0.0799. The molecular formula is C14H15N5S. The molecule has 0 aliphatic rings. The zero-order valence-electron chi connectivity index (χ0n) is 11.1. The summed E-state index contributed by atoms with van der Waals surface area (Å²) >= 11 is 1.52. The summed E-state index contributed by atoms with van der Waals surface area (Å²) in [5.74, 6) is 0. The third-order valence-electron chi connectivity index (χ3n) is 2.85. The van der Waals surface area contributed by atoms with E-state index in [-0.39, 0.29) is 6.04 Å². The van der Waals surface area contributed by atoms with Gasteiger partial charge in [0.1, 0.15) is 15.7 Å². The van der Waals surface area contributed by atoms with Crippen LogP contribution in [0.5, 0.6) is 0 Å². The molecule has 3 heterocycles. The maximum atomic E-state index is 5.96. The fourth-order valence-corrected chi connectivity index (χ4v) is 2.90. The summed E-state index contributed by atoms with van der Waals surface area (Å²) < 4.78 is 2.09. The van der Waals surface area contributed by atoms with Gasteiger partial charge in [0.25, 0.3) is 0 Å². The van der Waals surface area contributed by atoms with Gasteiger partial charge in [-0.15, -0.1) is 0 Å². The van der Waals surface area contributed by atoms with Crippen LogP contribution in [0.25, 0.3) is 5.65 Å². The van der Waals surface area contributed by atoms with Crippen LogP contribution >= 0.6 is 11.8 Å². The molecule has 3 aromatic rings. The quantitative estimate of drug-likeness (QED) is 0.795. The molecule has 102 valence electrons. The lowest BCUT2D eigenvalue weighted by Crippen LogP contribution is -2.19. The molecule has 0 fully saturated rings. The lowest BCUT2D eigenvalue weighted by atomic mass is 10.2. The molecule has 2 N–H and O–H groups in total. The van der Waals surface area contributed by atoms with Crippen LogP contribution < -0.4 is 5.73 Å². The molecule has 0 spiro atoms. The van der Waals surface area contributed by atoms with E-state index >= 15 is 0 Å². The summed E-state index contributed by atoms with van der Waals surface area (Å²) in [4.78, 5) is 13.0. The highest BCUT2D eigenvalue weighted by atomic mass is 32.2. The van der Waals surface area contributed by atoms with Gasteiger partial charge in [0.05, 0.1) is 11.9 Å². The van der Waals surface area contributed by atoms with Gasteiger partial charge in [-0.05, 0) is 30.8 Å². The molecule has 0 radical (unpaired) electrons. The van der Waals surface area contributed by atoms with Crippen LogP contribution in [-0.2, 0) is 6.42 Å². The van der Waals surface area contributed by atoms with Crippen molar-refractivity contribution in [2.75, 3.05) is 0 Å². The molecule has 0 aliphatic carbocycles. The van der Waals surface area contributed by atoms with Crippen LogP contribution in [0, 0.1) is 0 Å². The molecule has 3 rings (SSSR count). The first kappa shape index (κ1) is 13.1. The summed E-state index contributed by atoms with van der Waals surface area (Å²) in [6.07, 6.45) is 7.87. The molecule has 0 amide bonds. The van der Waals surface area contributed by atoms with Gasteiger partial charge in [0.15, 0.2) is 0 Å². The van der Waals surface area contributed by atoms with Crippen LogP contribution in [0.2, 0.25) is 0 Å². The molecule has 0 aliphatic heterocycles. The van der Waals surface area contributed by atoms with Crippen molar-refractivity contribution in [2.24, 2.45) is 5.73 Å². The van der Waals surface area contributed by atoms with Crippen molar-refractivity contribution in [2.45, 2.75) is 29.4 Å². The van der Waals surface area contributed by atoms with E-state index in [1.165, 1.54) is 11.8 Å². The molecule has 0 saturated heterocycles. The topological polar surface area (TPSA) is 69.1 Å². The maximum Gasteiger partial charge on any atom is 0.138 e. The smallest absolute Gasteiger partial charge is 0.138 e. The summed E-state index contributed by atoms with van der Waals surface area (Å²) in [5, 5.41) is 1.77. The average molecular weight is 285 g/mol. The van der Waals surface area contributed by atoms with Gasteiger partial charge in [-0.1, -0.05) is 6.07 Å². The van der Waals surface area contributed by atoms with Gasteiger partial charge in [0.2, 0.25) is 0 Å². The van der Waals surface area contributed by atoms with Crippen LogP contribution in [0.15, 0.2) is 53.0 Å². The van der Waals surface area contributed by atoms with Crippen molar-refractivity contribution >= 4 is 17.4 Å². The first-order valence-electron chi connectivity index (χ1n) is 6.39. The van der Waals surface area contributed by atoms with Gasteiger partial charge in [-0.25, -0.2) is 9.97 Å². The Bertz CT molecular complexity index is 708. The third kappa shape index (κ3) is 2.66. The molecule has 1 unspecified atom stereocenters. The van der Waals surface area contributed by atoms with Crippen LogP contribution in [-0.4, -0.2) is 25.4 Å². The molecule has 5 nitrogen and oxygen atoms in total. The minimum Gasteiger partial charge on any atom is -0.328 e. The molecule has 20 heavy (non-hydrogen) atoms. The van der Waals surface area contributed by atoms with E-state index in [1.807, 2.05) is 31.3 Å². The maximum absolute atomic E-state index is 5.96. The predicted molar refractivity (Wildman–Crippen MR) is 78.7 cm³/mol. The van der Waals surface area contributed by atoms with Crippen molar-refractivity contribution in [3.05, 3.63) is 48.7 Å². The van der Waals surface area contributed by atoms with Crippen molar-refractivity contribution < 1.29 is 0 Å². The first-order chi connectivity index (χ1) is 9.74. The number of aromatic nitrogens is 4. The van der Waals surface area contributed by atoms with Crippen molar-refractivity contribution in [3.8, 4) is 0 Å². The van der Waals surface area contributed by atoms with Gasteiger partial charge < -0.3 is 10.1 Å². The number of hydrogen-bond acceptors (Lipinski definition) is 5. The Labute approximate surface area is 121 Å². The van der Waals surface area contributed by atoms with Crippen LogP contribution in [0.3, 0.4) is 0 Å². The Kier molecular flexibility index (Phi) is 3.66. The zero-order chi connectivity index (χ0) is 13.9. The van der Waals surface area contributed by atoms with Gasteiger partial charge in [0, 0.05) is 31.1 Å². The summed E-state index contributed by atoms with van der Waals surface area (Å²) in [6.45, 7) is 2.00. The largest absolute Gasteiger partial charge is 0.328 e. The predicted octanol–water partition coefficient (Wildman–Crippen LogP) is 2.17. The second-order valence-corrected chi connectivity index (χ2v) is 5.63. The second-order valence-electron chi connectivity index (χ2n) is 4.62. The molecule has 0 saturated carbocycles. The normalized spacial score (nSPS) is 12.7. The molecule has 3 aromatic heterocycles. The van der Waals surface area contributed by atoms with Crippen molar-refractivity contribution in [3.63, 3.8) is 0 Å². The number of rotatable bonds is 4.